The van der Waals surface area contributed by atoms with Crippen LogP contribution in [0.15, 0.2) is 53.4 Å². The first kappa shape index (κ1) is 23.5. The van der Waals surface area contributed by atoms with Gasteiger partial charge in [-0.05, 0) is 60.7 Å². The molecule has 1 N–H and O–H groups in total. The average molecular weight is 488 g/mol. The first-order valence-corrected chi connectivity index (χ1v) is 13.1. The summed E-state index contributed by atoms with van der Waals surface area (Å²) < 4.78 is 27.3. The highest BCUT2D eigenvalue weighted by Crippen LogP contribution is 2.25. The number of amides is 3. The number of sulfonamides is 1. The second-order valence-corrected chi connectivity index (χ2v) is 11.2. The van der Waals surface area contributed by atoms with E-state index in [-0.39, 0.29) is 34.2 Å². The van der Waals surface area contributed by atoms with Gasteiger partial charge in [0.15, 0.2) is 0 Å². The predicted octanol–water partition coefficient (Wildman–Crippen LogP) is 3.55. The number of benzene rings is 2. The van der Waals surface area contributed by atoms with Crippen LogP contribution < -0.4 is 5.32 Å². The Bertz CT molecular complexity index is 1160. The molecule has 33 heavy (non-hydrogen) atoms. The molecule has 2 fully saturated rings. The van der Waals surface area contributed by atoms with Crippen LogP contribution in [0, 0.1) is 5.92 Å². The Labute approximate surface area is 197 Å². The van der Waals surface area contributed by atoms with E-state index in [9.17, 15) is 22.8 Å². The van der Waals surface area contributed by atoms with Crippen molar-refractivity contribution in [3.05, 3.63) is 59.7 Å². The van der Waals surface area contributed by atoms with Gasteiger partial charge >= 0.3 is 0 Å². The topological polar surface area (TPSA) is 104 Å². The van der Waals surface area contributed by atoms with Gasteiger partial charge in [0.2, 0.25) is 15.9 Å². The number of nitrogens with zero attached hydrogens (tertiary/aromatic N) is 2. The van der Waals surface area contributed by atoms with Gasteiger partial charge in [0.05, 0.1) is 17.2 Å². The second-order valence-electron chi connectivity index (χ2n) is 8.32. The summed E-state index contributed by atoms with van der Waals surface area (Å²) in [5.74, 6) is -0.135. The second kappa shape index (κ2) is 9.66. The van der Waals surface area contributed by atoms with E-state index < -0.39 is 10.0 Å². The van der Waals surface area contributed by atoms with Crippen molar-refractivity contribution >= 4 is 44.5 Å². The number of hydrogen-bond donors (Lipinski definition) is 1. The van der Waals surface area contributed by atoms with Crippen LogP contribution in [0.25, 0.3) is 0 Å². The third kappa shape index (κ3) is 5.29. The van der Waals surface area contributed by atoms with Crippen molar-refractivity contribution in [1.82, 2.24) is 9.21 Å². The number of piperidine rings is 1. The predicted molar refractivity (Wildman–Crippen MR) is 126 cm³/mol. The lowest BCUT2D eigenvalue weighted by molar-refractivity contribution is -0.125. The average Bonchev–Trinajstić information content (AvgIpc) is 3.12. The zero-order valence-corrected chi connectivity index (χ0v) is 19.8. The lowest BCUT2D eigenvalue weighted by Crippen LogP contribution is -2.39. The minimum atomic E-state index is -3.56. The summed E-state index contributed by atoms with van der Waals surface area (Å²) in [5, 5.41) is 2.47. The van der Waals surface area contributed by atoms with Crippen molar-refractivity contribution in [2.24, 2.45) is 5.92 Å². The number of thioether (sulfide) groups is 1. The molecule has 174 valence electrons. The van der Waals surface area contributed by atoms with Crippen LogP contribution in [0.2, 0.25) is 0 Å². The molecule has 2 aliphatic rings. The summed E-state index contributed by atoms with van der Waals surface area (Å²) in [6, 6.07) is 12.9. The Morgan fingerprint density at radius 2 is 1.91 bits per heavy atom. The Balaban J connectivity index is 1.43. The molecule has 8 nitrogen and oxygen atoms in total. The molecular formula is C23H25N3O5S2. The third-order valence-electron chi connectivity index (χ3n) is 5.74. The Hall–Kier alpha value is -2.69. The highest BCUT2D eigenvalue weighted by atomic mass is 32.2. The van der Waals surface area contributed by atoms with Crippen molar-refractivity contribution in [3.63, 3.8) is 0 Å². The Morgan fingerprint density at radius 3 is 2.58 bits per heavy atom. The van der Waals surface area contributed by atoms with Gasteiger partial charge in [-0.3, -0.25) is 19.3 Å². The van der Waals surface area contributed by atoms with E-state index in [1.54, 1.807) is 36.4 Å². The van der Waals surface area contributed by atoms with Crippen LogP contribution in [-0.2, 0) is 21.4 Å². The fourth-order valence-corrected chi connectivity index (χ4v) is 6.28. The minimum Gasteiger partial charge on any atom is -0.322 e. The van der Waals surface area contributed by atoms with Crippen LogP contribution in [0.5, 0.6) is 0 Å². The van der Waals surface area contributed by atoms with Gasteiger partial charge in [-0.15, -0.1) is 0 Å². The zero-order chi connectivity index (χ0) is 23.6. The van der Waals surface area contributed by atoms with Crippen LogP contribution in [-0.4, -0.2) is 53.5 Å². The largest absolute Gasteiger partial charge is 0.322 e. The fourth-order valence-electron chi connectivity index (χ4n) is 3.95. The monoisotopic (exact) mass is 487 g/mol. The number of rotatable bonds is 6. The van der Waals surface area contributed by atoms with Gasteiger partial charge in [-0.25, -0.2) is 8.42 Å². The molecule has 2 heterocycles. The number of carbonyl (C=O) groups excluding carboxylic acids is 3. The van der Waals surface area contributed by atoms with E-state index in [0.29, 0.717) is 35.8 Å². The van der Waals surface area contributed by atoms with Gasteiger partial charge in [0.1, 0.15) is 0 Å². The maximum atomic E-state index is 12.9. The summed E-state index contributed by atoms with van der Waals surface area (Å²) in [4.78, 5) is 37.7. The molecule has 10 heteroatoms. The first-order chi connectivity index (χ1) is 15.7. The summed E-state index contributed by atoms with van der Waals surface area (Å²) >= 11 is 0.969. The quantitative estimate of drug-likeness (QED) is 0.668. The summed E-state index contributed by atoms with van der Waals surface area (Å²) in [7, 11) is -3.56. The summed E-state index contributed by atoms with van der Waals surface area (Å²) in [6.07, 6.45) is 1.88. The molecule has 2 aromatic carbocycles. The van der Waals surface area contributed by atoms with Crippen LogP contribution in [0.4, 0.5) is 10.5 Å². The maximum absolute atomic E-state index is 12.9. The van der Waals surface area contributed by atoms with Crippen LogP contribution >= 0.6 is 11.8 Å². The standard InChI is InChI=1S/C23H25N3O5S2/c1-16-4-3-11-25(13-16)33(30,31)20-9-7-19(8-10-20)24-22(28)18-6-2-5-17(12-18)14-26-21(27)15-32-23(26)29/h2,5-10,12,16H,3-4,11,13-15H2,1H3,(H,24,28)/t16-/m0/s1. The van der Waals surface area contributed by atoms with E-state index in [2.05, 4.69) is 12.2 Å². The molecule has 0 aliphatic carbocycles. The normalized spacial score (nSPS) is 19.7. The number of carbonyl (C=O) groups is 3. The SMILES string of the molecule is C[C@H]1CCCN(S(=O)(=O)c2ccc(NC(=O)c3cccc(CN4C(=O)CSC4=O)c3)cc2)C1. The Morgan fingerprint density at radius 1 is 1.15 bits per heavy atom. The molecule has 0 saturated carbocycles. The van der Waals surface area contributed by atoms with Gasteiger partial charge < -0.3 is 5.32 Å². The van der Waals surface area contributed by atoms with Crippen molar-refractivity contribution in [2.45, 2.75) is 31.2 Å². The maximum Gasteiger partial charge on any atom is 0.289 e. The van der Waals surface area contributed by atoms with E-state index in [4.69, 9.17) is 0 Å². The molecule has 2 aliphatic heterocycles. The molecule has 0 unspecified atom stereocenters. The van der Waals surface area contributed by atoms with Gasteiger partial charge in [0, 0.05) is 24.3 Å². The highest BCUT2D eigenvalue weighted by molar-refractivity contribution is 8.14. The number of nitrogens with one attached hydrogen (secondary N) is 1. The highest BCUT2D eigenvalue weighted by Gasteiger charge is 2.30. The summed E-state index contributed by atoms with van der Waals surface area (Å²) in [5.41, 5.74) is 1.51. The van der Waals surface area contributed by atoms with E-state index in [0.717, 1.165) is 24.6 Å². The molecule has 1 atom stereocenters. The van der Waals surface area contributed by atoms with Crippen molar-refractivity contribution in [1.29, 1.82) is 0 Å². The number of hydrogen-bond acceptors (Lipinski definition) is 6. The lowest BCUT2D eigenvalue weighted by Gasteiger charge is -2.30. The van der Waals surface area contributed by atoms with E-state index in [1.165, 1.54) is 21.3 Å². The molecule has 3 amide bonds. The first-order valence-electron chi connectivity index (χ1n) is 10.7. The van der Waals surface area contributed by atoms with Gasteiger partial charge in [0.25, 0.3) is 11.1 Å². The van der Waals surface area contributed by atoms with Crippen molar-refractivity contribution in [3.8, 4) is 0 Å². The fraction of sp³-hybridized carbons (Fsp3) is 0.348. The molecule has 0 bridgehead atoms. The minimum absolute atomic E-state index is 0.119. The van der Waals surface area contributed by atoms with Crippen molar-refractivity contribution < 1.29 is 22.8 Å². The molecule has 2 saturated heterocycles. The van der Waals surface area contributed by atoms with Crippen LogP contribution in [0.3, 0.4) is 0 Å². The van der Waals surface area contributed by atoms with Crippen molar-refractivity contribution in [2.75, 3.05) is 24.2 Å². The van der Waals surface area contributed by atoms with Gasteiger partial charge in [-0.1, -0.05) is 30.8 Å². The lowest BCUT2D eigenvalue weighted by atomic mass is 10.0. The van der Waals surface area contributed by atoms with Crippen LogP contribution in [0.1, 0.15) is 35.7 Å². The zero-order valence-electron chi connectivity index (χ0n) is 18.2. The molecular weight excluding hydrogens is 462 g/mol. The summed E-state index contributed by atoms with van der Waals surface area (Å²) in [6.45, 7) is 3.21. The van der Waals surface area contributed by atoms with E-state index in [1.807, 2.05) is 0 Å². The van der Waals surface area contributed by atoms with E-state index >= 15 is 0 Å². The molecule has 0 spiro atoms. The number of anilines is 1. The number of imide groups is 1. The molecule has 2 aromatic rings. The smallest absolute Gasteiger partial charge is 0.289 e. The molecule has 4 rings (SSSR count). The molecule has 0 radical (unpaired) electrons. The van der Waals surface area contributed by atoms with Gasteiger partial charge in [-0.2, -0.15) is 4.31 Å². The third-order valence-corrected chi connectivity index (χ3v) is 8.48. The molecule has 0 aromatic heterocycles. The Kier molecular flexibility index (Phi) is 6.87.